The van der Waals surface area contributed by atoms with E-state index in [1.165, 1.54) is 11.0 Å². The molecule has 2 aromatic rings. The van der Waals surface area contributed by atoms with E-state index in [9.17, 15) is 14.0 Å². The standard InChI is InChI=1S/C19H25ClFN7O2/c1-19(2,3)16(22)18(30)24-17(29)15-7-13(21)9-27(15)8-11-6-12(20)4-5-14(11)28-10-23-25-26-28/h4-6,10,13,15-16H,7-9,22H2,1-3H3,(H,24,29,30)/t13-,15?,16+/m1/s1. The fourth-order valence-electron chi connectivity index (χ4n) is 3.37. The number of hydrogen-bond donors (Lipinski definition) is 2. The van der Waals surface area contributed by atoms with E-state index in [2.05, 4.69) is 20.8 Å². The topological polar surface area (TPSA) is 119 Å². The number of amides is 2. The molecule has 1 aromatic heterocycles. The molecule has 2 heterocycles. The highest BCUT2D eigenvalue weighted by atomic mass is 35.5. The number of aromatic nitrogens is 4. The predicted octanol–water partition coefficient (Wildman–Crippen LogP) is 1.24. The van der Waals surface area contributed by atoms with Gasteiger partial charge in [-0.2, -0.15) is 0 Å². The number of nitrogens with zero attached hydrogens (tertiary/aromatic N) is 5. The van der Waals surface area contributed by atoms with Crippen molar-refractivity contribution in [1.29, 1.82) is 0 Å². The average molecular weight is 438 g/mol. The third-order valence-corrected chi connectivity index (χ3v) is 5.36. The van der Waals surface area contributed by atoms with Gasteiger partial charge in [0.25, 0.3) is 0 Å². The summed E-state index contributed by atoms with van der Waals surface area (Å²) in [5.74, 6) is -1.14. The lowest BCUT2D eigenvalue weighted by Gasteiger charge is -2.27. The van der Waals surface area contributed by atoms with Gasteiger partial charge in [-0.15, -0.1) is 5.10 Å². The highest BCUT2D eigenvalue weighted by Crippen LogP contribution is 2.27. The Morgan fingerprint density at radius 1 is 1.40 bits per heavy atom. The second kappa shape index (κ2) is 8.75. The highest BCUT2D eigenvalue weighted by Gasteiger charge is 2.39. The molecule has 1 aromatic carbocycles. The Kier molecular flexibility index (Phi) is 6.49. The lowest BCUT2D eigenvalue weighted by atomic mass is 9.87. The van der Waals surface area contributed by atoms with Crippen LogP contribution >= 0.6 is 11.6 Å². The van der Waals surface area contributed by atoms with E-state index in [1.807, 2.05) is 0 Å². The SMILES string of the molecule is CC(C)(C)[C@@H](N)C(=O)NC(=O)C1C[C@@H](F)CN1Cc1cc(Cl)ccc1-n1cnnn1. The number of nitrogens with two attached hydrogens (primary N) is 1. The fraction of sp³-hybridized carbons (Fsp3) is 0.526. The monoisotopic (exact) mass is 437 g/mol. The number of rotatable bonds is 5. The van der Waals surface area contributed by atoms with Crippen molar-refractivity contribution in [2.45, 2.75) is 52.0 Å². The summed E-state index contributed by atoms with van der Waals surface area (Å²) in [6.07, 6.45) is 0.235. The Balaban J connectivity index is 1.78. The first-order valence-electron chi connectivity index (χ1n) is 9.56. The van der Waals surface area contributed by atoms with Crippen molar-refractivity contribution in [3.8, 4) is 5.69 Å². The normalized spacial score (nSPS) is 20.9. The Bertz CT molecular complexity index is 916. The van der Waals surface area contributed by atoms with Crippen LogP contribution < -0.4 is 11.1 Å². The summed E-state index contributed by atoms with van der Waals surface area (Å²) in [7, 11) is 0. The van der Waals surface area contributed by atoms with Crippen LogP contribution in [0.25, 0.3) is 5.69 Å². The van der Waals surface area contributed by atoms with E-state index < -0.39 is 35.5 Å². The van der Waals surface area contributed by atoms with Crippen molar-refractivity contribution in [3.05, 3.63) is 35.1 Å². The van der Waals surface area contributed by atoms with Gasteiger partial charge in [-0.05, 0) is 39.6 Å². The van der Waals surface area contributed by atoms with Gasteiger partial charge >= 0.3 is 0 Å². The van der Waals surface area contributed by atoms with Crippen LogP contribution in [0, 0.1) is 5.41 Å². The maximum Gasteiger partial charge on any atom is 0.244 e. The summed E-state index contributed by atoms with van der Waals surface area (Å²) in [5, 5.41) is 14.0. The zero-order chi connectivity index (χ0) is 22.1. The molecule has 162 valence electrons. The number of alkyl halides is 1. The molecule has 0 spiro atoms. The summed E-state index contributed by atoms with van der Waals surface area (Å²) < 4.78 is 15.7. The van der Waals surface area contributed by atoms with Gasteiger partial charge in [-0.25, -0.2) is 9.07 Å². The minimum atomic E-state index is -1.19. The number of imide groups is 1. The predicted molar refractivity (Wildman–Crippen MR) is 108 cm³/mol. The van der Waals surface area contributed by atoms with E-state index in [0.29, 0.717) is 10.7 Å². The minimum absolute atomic E-state index is 0.00928. The second-order valence-corrected chi connectivity index (χ2v) is 8.94. The third-order valence-electron chi connectivity index (χ3n) is 5.13. The quantitative estimate of drug-likeness (QED) is 0.722. The molecule has 0 radical (unpaired) electrons. The number of carbonyl (C=O) groups excluding carboxylic acids is 2. The maximum absolute atomic E-state index is 14.2. The maximum atomic E-state index is 14.2. The van der Waals surface area contributed by atoms with Gasteiger partial charge in [0.1, 0.15) is 12.5 Å². The van der Waals surface area contributed by atoms with Crippen molar-refractivity contribution in [2.75, 3.05) is 6.54 Å². The molecule has 1 saturated heterocycles. The Morgan fingerprint density at radius 3 is 2.77 bits per heavy atom. The molecule has 2 amide bonds. The molecule has 1 fully saturated rings. The minimum Gasteiger partial charge on any atom is -0.319 e. The number of tetrazole rings is 1. The van der Waals surface area contributed by atoms with Crippen LogP contribution in [0.1, 0.15) is 32.8 Å². The molecule has 9 nitrogen and oxygen atoms in total. The molecule has 1 aliphatic rings. The van der Waals surface area contributed by atoms with Crippen LogP contribution in [0.3, 0.4) is 0 Å². The van der Waals surface area contributed by atoms with Crippen molar-refractivity contribution in [2.24, 2.45) is 11.1 Å². The lowest BCUT2D eigenvalue weighted by Crippen LogP contribution is -2.53. The number of nitrogens with one attached hydrogen (secondary N) is 1. The Labute approximate surface area is 178 Å². The summed E-state index contributed by atoms with van der Waals surface area (Å²) in [6.45, 7) is 5.70. The van der Waals surface area contributed by atoms with Crippen LogP contribution in [0.15, 0.2) is 24.5 Å². The second-order valence-electron chi connectivity index (χ2n) is 8.50. The summed E-state index contributed by atoms with van der Waals surface area (Å²) >= 11 is 6.15. The Hall–Kier alpha value is -2.43. The Morgan fingerprint density at radius 2 is 2.13 bits per heavy atom. The molecule has 3 rings (SSSR count). The molecule has 1 aliphatic heterocycles. The first-order valence-corrected chi connectivity index (χ1v) is 9.94. The van der Waals surface area contributed by atoms with E-state index in [1.54, 1.807) is 43.9 Å². The zero-order valence-corrected chi connectivity index (χ0v) is 17.8. The first-order chi connectivity index (χ1) is 14.1. The first kappa shape index (κ1) is 22.3. The van der Waals surface area contributed by atoms with Gasteiger partial charge in [-0.1, -0.05) is 32.4 Å². The van der Waals surface area contributed by atoms with Crippen LogP contribution in [0.5, 0.6) is 0 Å². The van der Waals surface area contributed by atoms with Crippen molar-refractivity contribution < 1.29 is 14.0 Å². The zero-order valence-electron chi connectivity index (χ0n) is 17.0. The smallest absolute Gasteiger partial charge is 0.244 e. The number of carbonyl (C=O) groups is 2. The molecule has 0 saturated carbocycles. The molecule has 3 atom stereocenters. The highest BCUT2D eigenvalue weighted by molar-refractivity contribution is 6.30. The van der Waals surface area contributed by atoms with Gasteiger partial charge in [-0.3, -0.25) is 19.8 Å². The fourth-order valence-corrected chi connectivity index (χ4v) is 3.56. The molecule has 0 bridgehead atoms. The van der Waals surface area contributed by atoms with Crippen molar-refractivity contribution >= 4 is 23.4 Å². The summed E-state index contributed by atoms with van der Waals surface area (Å²) in [4.78, 5) is 26.8. The van der Waals surface area contributed by atoms with E-state index in [-0.39, 0.29) is 19.5 Å². The van der Waals surface area contributed by atoms with Gasteiger partial charge in [0.15, 0.2) is 0 Å². The van der Waals surface area contributed by atoms with Crippen LogP contribution in [0.2, 0.25) is 5.02 Å². The lowest BCUT2D eigenvalue weighted by molar-refractivity contribution is -0.134. The third kappa shape index (κ3) is 5.00. The van der Waals surface area contributed by atoms with Crippen LogP contribution in [0.4, 0.5) is 4.39 Å². The average Bonchev–Trinajstić information content (AvgIpc) is 3.30. The number of halogens is 2. The van der Waals surface area contributed by atoms with E-state index in [4.69, 9.17) is 17.3 Å². The number of likely N-dealkylation sites (tertiary alicyclic amines) is 1. The van der Waals surface area contributed by atoms with Gasteiger partial charge < -0.3 is 5.73 Å². The molecular formula is C19H25ClFN7O2. The van der Waals surface area contributed by atoms with Crippen molar-refractivity contribution in [3.63, 3.8) is 0 Å². The number of hydrogen-bond acceptors (Lipinski definition) is 7. The molecule has 11 heteroatoms. The summed E-state index contributed by atoms with van der Waals surface area (Å²) in [6, 6.07) is 3.49. The molecule has 30 heavy (non-hydrogen) atoms. The number of benzene rings is 1. The van der Waals surface area contributed by atoms with Gasteiger partial charge in [0.2, 0.25) is 11.8 Å². The van der Waals surface area contributed by atoms with Gasteiger partial charge in [0.05, 0.1) is 17.8 Å². The summed E-state index contributed by atoms with van der Waals surface area (Å²) in [5.41, 5.74) is 6.80. The van der Waals surface area contributed by atoms with E-state index >= 15 is 0 Å². The largest absolute Gasteiger partial charge is 0.319 e. The molecular weight excluding hydrogens is 413 g/mol. The van der Waals surface area contributed by atoms with E-state index in [0.717, 1.165) is 5.56 Å². The molecule has 3 N–H and O–H groups in total. The van der Waals surface area contributed by atoms with Crippen LogP contribution in [-0.2, 0) is 16.1 Å². The van der Waals surface area contributed by atoms with Crippen molar-refractivity contribution in [1.82, 2.24) is 30.4 Å². The molecule has 1 unspecified atom stereocenters. The van der Waals surface area contributed by atoms with Gasteiger partial charge in [0, 0.05) is 24.5 Å². The van der Waals surface area contributed by atoms with Crippen LogP contribution in [-0.4, -0.2) is 61.7 Å². The molecule has 0 aliphatic carbocycles.